The highest BCUT2D eigenvalue weighted by Crippen LogP contribution is 2.11. The van der Waals surface area contributed by atoms with E-state index in [1.165, 1.54) is 32.1 Å². The van der Waals surface area contributed by atoms with Crippen LogP contribution in [0.2, 0.25) is 0 Å². The van der Waals surface area contributed by atoms with Crippen LogP contribution in [-0.2, 0) is 19.1 Å². The van der Waals surface area contributed by atoms with Gasteiger partial charge in [0, 0.05) is 0 Å². The van der Waals surface area contributed by atoms with Gasteiger partial charge in [0.15, 0.2) is 0 Å². The van der Waals surface area contributed by atoms with Gasteiger partial charge in [0.1, 0.15) is 6.61 Å². The number of ether oxygens (including phenoxy) is 2. The minimum Gasteiger partial charge on any atom is -0.463 e. The molecule has 0 spiro atoms. The van der Waals surface area contributed by atoms with Crippen molar-refractivity contribution >= 4 is 11.9 Å². The molecule has 0 aliphatic heterocycles. The van der Waals surface area contributed by atoms with Crippen molar-refractivity contribution in [2.45, 2.75) is 91.1 Å². The van der Waals surface area contributed by atoms with Crippen molar-refractivity contribution in [2.75, 3.05) is 6.61 Å². The number of rotatable bonds is 14. The van der Waals surface area contributed by atoms with E-state index >= 15 is 0 Å². The Bertz CT molecular complexity index is 336. The van der Waals surface area contributed by atoms with Gasteiger partial charge in [-0.1, -0.05) is 58.1 Å². The van der Waals surface area contributed by atoms with Crippen LogP contribution >= 0.6 is 0 Å². The van der Waals surface area contributed by atoms with E-state index in [4.69, 9.17) is 9.47 Å². The zero-order chi connectivity index (χ0) is 17.3. The monoisotopic (exact) mass is 326 g/mol. The van der Waals surface area contributed by atoms with Gasteiger partial charge in [-0.15, -0.1) is 0 Å². The summed E-state index contributed by atoms with van der Waals surface area (Å²) in [5.74, 6) is -0.671. The molecule has 23 heavy (non-hydrogen) atoms. The van der Waals surface area contributed by atoms with Crippen molar-refractivity contribution in [3.63, 3.8) is 0 Å². The fourth-order valence-corrected chi connectivity index (χ4v) is 2.21. The molecule has 0 N–H and O–H groups in total. The Balaban J connectivity index is 3.60. The van der Waals surface area contributed by atoms with Crippen LogP contribution in [0.4, 0.5) is 0 Å². The molecule has 0 heterocycles. The molecule has 0 aromatic carbocycles. The maximum Gasteiger partial charge on any atom is 0.306 e. The van der Waals surface area contributed by atoms with Gasteiger partial charge in [-0.3, -0.25) is 9.59 Å². The fraction of sp³-hybridized carbons (Fsp3) is 0.789. The topological polar surface area (TPSA) is 52.6 Å². The van der Waals surface area contributed by atoms with Crippen molar-refractivity contribution in [3.05, 3.63) is 12.2 Å². The first-order chi connectivity index (χ1) is 11.1. The Hall–Kier alpha value is -1.32. The lowest BCUT2D eigenvalue weighted by Gasteiger charge is -2.13. The summed E-state index contributed by atoms with van der Waals surface area (Å²) in [4.78, 5) is 23.1. The Kier molecular flexibility index (Phi) is 14.7. The first-order valence-corrected chi connectivity index (χ1v) is 9.10. The van der Waals surface area contributed by atoms with Crippen LogP contribution in [0.5, 0.6) is 0 Å². The smallest absolute Gasteiger partial charge is 0.306 e. The number of carbonyl (C=O) groups excluding carboxylic acids is 2. The molecule has 134 valence electrons. The average Bonchev–Trinajstić information content (AvgIpc) is 2.53. The second-order valence-corrected chi connectivity index (χ2v) is 5.92. The molecule has 0 aromatic rings. The summed E-state index contributed by atoms with van der Waals surface area (Å²) in [5.41, 5.74) is 0. The number of carbonyl (C=O) groups is 2. The number of allylic oxidation sites excluding steroid dienone is 1. The quantitative estimate of drug-likeness (QED) is 0.257. The van der Waals surface area contributed by atoms with Gasteiger partial charge in [0.05, 0.1) is 18.9 Å². The van der Waals surface area contributed by atoms with Crippen molar-refractivity contribution in [1.29, 1.82) is 0 Å². The molecule has 0 aliphatic carbocycles. The van der Waals surface area contributed by atoms with Gasteiger partial charge in [-0.05, 0) is 26.2 Å². The lowest BCUT2D eigenvalue weighted by molar-refractivity contribution is -0.152. The van der Waals surface area contributed by atoms with E-state index in [0.29, 0.717) is 0 Å². The molecule has 4 nitrogen and oxygen atoms in total. The molecular formula is C19H34O4. The number of hydrogen-bond acceptors (Lipinski definition) is 4. The molecule has 4 heteroatoms. The third-order valence-corrected chi connectivity index (χ3v) is 3.57. The maximum absolute atomic E-state index is 11.7. The second kappa shape index (κ2) is 15.6. The lowest BCUT2D eigenvalue weighted by atomic mass is 10.1. The van der Waals surface area contributed by atoms with Crippen LogP contribution in [0.15, 0.2) is 12.2 Å². The van der Waals surface area contributed by atoms with Gasteiger partial charge >= 0.3 is 11.9 Å². The Morgan fingerprint density at radius 2 is 1.57 bits per heavy atom. The summed E-state index contributed by atoms with van der Waals surface area (Å²) in [6.45, 7) is 6.41. The highest BCUT2D eigenvalue weighted by Gasteiger charge is 2.12. The SMILES string of the molecule is CC/C=C\COC(=O)CCC(=O)OC(C)CCCCCCCC. The summed E-state index contributed by atoms with van der Waals surface area (Å²) < 4.78 is 10.3. The minimum absolute atomic E-state index is 0.0721. The van der Waals surface area contributed by atoms with Crippen LogP contribution in [0.1, 0.15) is 85.0 Å². The summed E-state index contributed by atoms with van der Waals surface area (Å²) in [6.07, 6.45) is 13.0. The van der Waals surface area contributed by atoms with Gasteiger partial charge in [-0.25, -0.2) is 0 Å². The highest BCUT2D eigenvalue weighted by molar-refractivity contribution is 5.77. The molecular weight excluding hydrogens is 292 g/mol. The fourth-order valence-electron chi connectivity index (χ4n) is 2.21. The molecule has 0 saturated heterocycles. The third kappa shape index (κ3) is 15.4. The second-order valence-electron chi connectivity index (χ2n) is 5.92. The summed E-state index contributed by atoms with van der Waals surface area (Å²) >= 11 is 0. The van der Waals surface area contributed by atoms with Crippen molar-refractivity contribution in [2.24, 2.45) is 0 Å². The highest BCUT2D eigenvalue weighted by atomic mass is 16.5. The van der Waals surface area contributed by atoms with Gasteiger partial charge < -0.3 is 9.47 Å². The maximum atomic E-state index is 11.7. The van der Waals surface area contributed by atoms with Crippen LogP contribution in [0.25, 0.3) is 0 Å². The lowest BCUT2D eigenvalue weighted by Crippen LogP contribution is -2.16. The summed E-state index contributed by atoms with van der Waals surface area (Å²) in [7, 11) is 0. The van der Waals surface area contributed by atoms with E-state index in [-0.39, 0.29) is 37.5 Å². The average molecular weight is 326 g/mol. The van der Waals surface area contributed by atoms with E-state index in [1.54, 1.807) is 6.08 Å². The molecule has 0 saturated carbocycles. The van der Waals surface area contributed by atoms with Gasteiger partial charge in [0.25, 0.3) is 0 Å². The minimum atomic E-state index is -0.355. The zero-order valence-electron chi connectivity index (χ0n) is 15.1. The molecule has 0 rings (SSSR count). The van der Waals surface area contributed by atoms with E-state index in [2.05, 4.69) is 6.92 Å². The number of esters is 2. The van der Waals surface area contributed by atoms with Crippen LogP contribution in [-0.4, -0.2) is 24.6 Å². The predicted octanol–water partition coefficient (Wildman–Crippen LogP) is 4.96. The Morgan fingerprint density at radius 3 is 2.26 bits per heavy atom. The van der Waals surface area contributed by atoms with Crippen molar-refractivity contribution < 1.29 is 19.1 Å². The third-order valence-electron chi connectivity index (χ3n) is 3.57. The van der Waals surface area contributed by atoms with Crippen molar-refractivity contribution in [1.82, 2.24) is 0 Å². The molecule has 1 atom stereocenters. The first kappa shape index (κ1) is 21.7. The van der Waals surface area contributed by atoms with Crippen LogP contribution < -0.4 is 0 Å². The van der Waals surface area contributed by atoms with E-state index in [9.17, 15) is 9.59 Å². The van der Waals surface area contributed by atoms with Gasteiger partial charge in [-0.2, -0.15) is 0 Å². The number of unbranched alkanes of at least 4 members (excludes halogenated alkanes) is 5. The Labute approximate surface area is 141 Å². The Morgan fingerprint density at radius 1 is 0.913 bits per heavy atom. The van der Waals surface area contributed by atoms with E-state index in [1.807, 2.05) is 19.9 Å². The normalized spacial score (nSPS) is 12.3. The van der Waals surface area contributed by atoms with E-state index < -0.39 is 0 Å². The molecule has 0 radical (unpaired) electrons. The predicted molar refractivity (Wildman–Crippen MR) is 93.2 cm³/mol. The molecule has 0 aromatic heterocycles. The molecule has 0 aliphatic rings. The molecule has 0 bridgehead atoms. The largest absolute Gasteiger partial charge is 0.463 e. The van der Waals surface area contributed by atoms with Crippen molar-refractivity contribution in [3.8, 4) is 0 Å². The molecule has 0 fully saturated rings. The van der Waals surface area contributed by atoms with Crippen LogP contribution in [0.3, 0.4) is 0 Å². The molecule has 0 amide bonds. The number of hydrogen-bond donors (Lipinski definition) is 0. The summed E-state index contributed by atoms with van der Waals surface area (Å²) in [6, 6.07) is 0. The standard InChI is InChI=1S/C19H34O4/c1-4-6-8-9-10-11-13-17(3)23-19(21)15-14-18(20)22-16-12-7-5-2/h7,12,17H,4-6,8-11,13-16H2,1-3H3/b12-7-. The first-order valence-electron chi connectivity index (χ1n) is 9.10. The summed E-state index contributed by atoms with van der Waals surface area (Å²) in [5, 5.41) is 0. The van der Waals surface area contributed by atoms with Gasteiger partial charge in [0.2, 0.25) is 0 Å². The zero-order valence-corrected chi connectivity index (χ0v) is 15.1. The van der Waals surface area contributed by atoms with Crippen LogP contribution in [0, 0.1) is 0 Å². The molecule has 1 unspecified atom stereocenters. The van der Waals surface area contributed by atoms with E-state index in [0.717, 1.165) is 19.3 Å².